The number of benzene rings is 4. The van der Waals surface area contributed by atoms with Gasteiger partial charge in [-0.3, -0.25) is 9.10 Å². The van der Waals surface area contributed by atoms with Crippen LogP contribution in [0, 0.1) is 12.7 Å². The van der Waals surface area contributed by atoms with Crippen LogP contribution in [0.15, 0.2) is 94.0 Å². The van der Waals surface area contributed by atoms with Crippen LogP contribution in [0.1, 0.15) is 15.9 Å². The zero-order valence-electron chi connectivity index (χ0n) is 27.1. The van der Waals surface area contributed by atoms with Crippen LogP contribution in [0.4, 0.5) is 10.1 Å². The molecular weight excluding hydrogens is 649 g/mol. The predicted octanol–water partition coefficient (Wildman–Crippen LogP) is 6.97. The number of carbonyl (C=O) groups excluding carboxylic acids is 1. The van der Waals surface area contributed by atoms with Crippen molar-refractivity contribution in [2.45, 2.75) is 6.92 Å². The van der Waals surface area contributed by atoms with Gasteiger partial charge in [-0.15, -0.1) is 0 Å². The van der Waals surface area contributed by atoms with Crippen LogP contribution in [0.25, 0.3) is 61.7 Å². The first-order valence-electron chi connectivity index (χ1n) is 15.1. The molecule has 0 bridgehead atoms. The highest BCUT2D eigenvalue weighted by Gasteiger charge is 2.27. The first kappa shape index (κ1) is 31.6. The summed E-state index contributed by atoms with van der Waals surface area (Å²) < 4.78 is 60.6. The Morgan fingerprint density at radius 1 is 0.959 bits per heavy atom. The fourth-order valence-electron chi connectivity index (χ4n) is 5.73. The van der Waals surface area contributed by atoms with E-state index in [0.29, 0.717) is 50.2 Å². The van der Waals surface area contributed by atoms with Gasteiger partial charge in [0.2, 0.25) is 15.9 Å². The van der Waals surface area contributed by atoms with Crippen LogP contribution in [0.3, 0.4) is 0 Å². The van der Waals surface area contributed by atoms with Gasteiger partial charge >= 0.3 is 0 Å². The summed E-state index contributed by atoms with van der Waals surface area (Å²) in [6.45, 7) is 1.96. The zero-order chi connectivity index (χ0) is 34.6. The van der Waals surface area contributed by atoms with Crippen molar-refractivity contribution in [3.05, 3.63) is 102 Å². The van der Waals surface area contributed by atoms with E-state index in [2.05, 4.69) is 10.4 Å². The lowest BCUT2D eigenvalue weighted by Gasteiger charge is -2.21. The molecule has 0 saturated carbocycles. The van der Waals surface area contributed by atoms with Crippen LogP contribution < -0.4 is 14.4 Å². The number of halogens is 1. The number of fused-ring (bicyclic) bond motifs is 2. The fourth-order valence-corrected chi connectivity index (χ4v) is 6.24. The molecule has 0 aliphatic carbocycles. The van der Waals surface area contributed by atoms with Crippen molar-refractivity contribution in [3.63, 3.8) is 0 Å². The highest BCUT2D eigenvalue weighted by molar-refractivity contribution is 7.92. The lowest BCUT2D eigenvalue weighted by atomic mass is 9.97. The van der Waals surface area contributed by atoms with E-state index in [4.69, 9.17) is 18.6 Å². The van der Waals surface area contributed by atoms with Gasteiger partial charge in [0.15, 0.2) is 5.58 Å². The Bertz CT molecular complexity index is 2520. The number of nitrogens with one attached hydrogen (secondary N) is 1. The molecule has 7 aromatic rings. The number of amides is 1. The van der Waals surface area contributed by atoms with Gasteiger partial charge < -0.3 is 18.9 Å². The fraction of sp³-hybridized carbons (Fsp3) is 0.139. The predicted molar refractivity (Wildman–Crippen MR) is 185 cm³/mol. The number of ether oxygens (including phenoxy) is 1. The minimum absolute atomic E-state index is 0.214. The second-order valence-electron chi connectivity index (χ2n) is 11.5. The highest BCUT2D eigenvalue weighted by atomic mass is 32.2. The Morgan fingerprint density at radius 3 is 2.39 bits per heavy atom. The third-order valence-corrected chi connectivity index (χ3v) is 9.48. The van der Waals surface area contributed by atoms with E-state index in [1.165, 1.54) is 45.5 Å². The number of aromatic nitrogens is 3. The van der Waals surface area contributed by atoms with Gasteiger partial charge in [-0.2, -0.15) is 5.10 Å². The van der Waals surface area contributed by atoms with E-state index < -0.39 is 21.7 Å². The number of oxazole rings is 1. The zero-order valence-corrected chi connectivity index (χ0v) is 27.9. The molecule has 49 heavy (non-hydrogen) atoms. The van der Waals surface area contributed by atoms with Gasteiger partial charge in [0, 0.05) is 42.9 Å². The van der Waals surface area contributed by atoms with Crippen molar-refractivity contribution in [1.82, 2.24) is 20.1 Å². The minimum Gasteiger partial charge on any atom is -0.496 e. The molecule has 11 nitrogen and oxygen atoms in total. The van der Waals surface area contributed by atoms with E-state index in [0.717, 1.165) is 21.8 Å². The number of methoxy groups -OCH3 is 1. The Balaban J connectivity index is 1.43. The summed E-state index contributed by atoms with van der Waals surface area (Å²) in [5.74, 6) is 0.106. The van der Waals surface area contributed by atoms with Crippen LogP contribution >= 0.6 is 0 Å². The van der Waals surface area contributed by atoms with Crippen LogP contribution in [-0.4, -0.2) is 56.6 Å². The molecule has 13 heteroatoms. The van der Waals surface area contributed by atoms with Crippen LogP contribution in [0.5, 0.6) is 5.75 Å². The number of rotatable bonds is 8. The monoisotopic (exact) mass is 679 g/mol. The molecule has 0 aliphatic rings. The molecule has 7 rings (SSSR count). The Hall–Kier alpha value is -5.95. The molecule has 0 fully saturated rings. The quantitative estimate of drug-likeness (QED) is 0.182. The molecule has 0 aliphatic heterocycles. The first-order valence-corrected chi connectivity index (χ1v) is 16.9. The molecule has 0 spiro atoms. The van der Waals surface area contributed by atoms with Crippen molar-refractivity contribution in [3.8, 4) is 45.3 Å². The summed E-state index contributed by atoms with van der Waals surface area (Å²) in [7, 11) is 0.723. The van der Waals surface area contributed by atoms with Gasteiger partial charge in [0.05, 0.1) is 42.1 Å². The number of hydrogen-bond donors (Lipinski definition) is 1. The number of aryl methyl sites for hydroxylation is 1. The summed E-state index contributed by atoms with van der Waals surface area (Å²) >= 11 is 0. The first-order chi connectivity index (χ1) is 23.4. The maximum absolute atomic E-state index is 13.8. The second-order valence-corrected chi connectivity index (χ2v) is 13.6. The molecule has 0 saturated heterocycles. The third-order valence-electron chi connectivity index (χ3n) is 8.29. The Labute approximate surface area is 280 Å². The Morgan fingerprint density at radius 2 is 1.71 bits per heavy atom. The molecular formula is C36H30FN5O6S. The topological polar surface area (TPSA) is 133 Å². The molecule has 4 aromatic carbocycles. The number of anilines is 1. The molecule has 3 aromatic heterocycles. The van der Waals surface area contributed by atoms with Crippen LogP contribution in [0.2, 0.25) is 0 Å². The van der Waals surface area contributed by atoms with Crippen molar-refractivity contribution < 1.29 is 31.2 Å². The summed E-state index contributed by atoms with van der Waals surface area (Å²) in [6, 6.07) is 19.8. The van der Waals surface area contributed by atoms with E-state index in [-0.39, 0.29) is 22.8 Å². The number of nitrogens with zero attached hydrogens (tertiary/aromatic N) is 4. The second kappa shape index (κ2) is 11.9. The molecule has 248 valence electrons. The number of carbonyl (C=O) groups is 1. The third kappa shape index (κ3) is 5.67. The molecule has 1 N–H and O–H groups in total. The number of sulfonamides is 1. The molecule has 0 atom stereocenters. The van der Waals surface area contributed by atoms with Gasteiger partial charge in [0.25, 0.3) is 5.91 Å². The lowest BCUT2D eigenvalue weighted by Crippen LogP contribution is -2.25. The number of furan rings is 1. The van der Waals surface area contributed by atoms with Gasteiger partial charge in [0.1, 0.15) is 28.4 Å². The average molecular weight is 680 g/mol. The molecule has 0 unspecified atom stereocenters. The summed E-state index contributed by atoms with van der Waals surface area (Å²) in [4.78, 5) is 18.1. The SMILES string of the molecule is CNC(=O)c1c(-c2ccc(F)cc2)oc2cc(N(C)S(C)(=O)=O)c(-c3ccc(OC)c(-c4nc5cc(-n6cc(C)cn6)ccc5o4)c3)cc12. The van der Waals surface area contributed by atoms with Crippen molar-refractivity contribution >= 4 is 43.7 Å². The maximum atomic E-state index is 13.8. The maximum Gasteiger partial charge on any atom is 0.255 e. The van der Waals surface area contributed by atoms with Gasteiger partial charge in [-0.1, -0.05) is 6.07 Å². The van der Waals surface area contributed by atoms with E-state index in [9.17, 15) is 17.6 Å². The standard InChI is InChI=1S/C36H30FN5O6S/c1-20-18-39-42(19-20)24-11-13-31-28(15-24)40-36(48-31)27-14-22(8-12-30(27)46-4)25-16-26-32(17-29(25)41(3)49(5,44)45)47-34(33(26)35(43)38-2)21-6-9-23(37)10-7-21/h6-19H,1-5H3,(H,38,43). The highest BCUT2D eigenvalue weighted by Crippen LogP contribution is 2.43. The van der Waals surface area contributed by atoms with E-state index in [1.807, 2.05) is 31.3 Å². The molecule has 0 radical (unpaired) electrons. The Kier molecular flexibility index (Phi) is 7.71. The summed E-state index contributed by atoms with van der Waals surface area (Å²) in [5, 5.41) is 7.47. The van der Waals surface area contributed by atoms with Crippen molar-refractivity contribution in [1.29, 1.82) is 0 Å². The van der Waals surface area contributed by atoms with Crippen molar-refractivity contribution in [2.75, 3.05) is 31.8 Å². The normalized spacial score (nSPS) is 11.7. The largest absolute Gasteiger partial charge is 0.496 e. The lowest BCUT2D eigenvalue weighted by molar-refractivity contribution is 0.0964. The summed E-state index contributed by atoms with van der Waals surface area (Å²) in [5.41, 5.74) is 5.84. The van der Waals surface area contributed by atoms with Gasteiger partial charge in [-0.25, -0.2) is 22.5 Å². The number of hydrogen-bond acceptors (Lipinski definition) is 8. The minimum atomic E-state index is -3.75. The van der Waals surface area contributed by atoms with Gasteiger partial charge in [-0.05, 0) is 78.7 Å². The molecule has 1 amide bonds. The average Bonchev–Trinajstić information content (AvgIpc) is 3.82. The van der Waals surface area contributed by atoms with Crippen LogP contribution in [-0.2, 0) is 10.0 Å². The van der Waals surface area contributed by atoms with E-state index in [1.54, 1.807) is 41.2 Å². The summed E-state index contributed by atoms with van der Waals surface area (Å²) in [6.07, 6.45) is 4.78. The van der Waals surface area contributed by atoms with Crippen molar-refractivity contribution in [2.24, 2.45) is 0 Å². The van der Waals surface area contributed by atoms with E-state index >= 15 is 0 Å². The molecule has 3 heterocycles. The smallest absolute Gasteiger partial charge is 0.255 e.